The van der Waals surface area contributed by atoms with Crippen LogP contribution in [0.15, 0.2) is 23.0 Å². The second-order valence-corrected chi connectivity index (χ2v) is 13.3. The number of hydrogen-bond donors (Lipinski definition) is 1. The van der Waals surface area contributed by atoms with Gasteiger partial charge < -0.3 is 29.5 Å². The van der Waals surface area contributed by atoms with E-state index in [1.54, 1.807) is 30.2 Å². The minimum Gasteiger partial charge on any atom is -0.444 e. The van der Waals surface area contributed by atoms with Gasteiger partial charge in [0.25, 0.3) is 5.56 Å². The lowest BCUT2D eigenvalue weighted by atomic mass is 10.0. The Morgan fingerprint density at radius 2 is 1.72 bits per heavy atom. The van der Waals surface area contributed by atoms with Crippen molar-refractivity contribution in [1.82, 2.24) is 24.1 Å². The van der Waals surface area contributed by atoms with E-state index in [4.69, 9.17) is 26.1 Å². The Hall–Kier alpha value is -4.05. The molecule has 2 atom stereocenters. The number of carbonyl (C=O) groups is 2. The van der Waals surface area contributed by atoms with E-state index in [0.29, 0.717) is 69.8 Å². The third kappa shape index (κ3) is 6.44. The first kappa shape index (κ1) is 32.9. The van der Waals surface area contributed by atoms with Crippen molar-refractivity contribution < 1.29 is 32.2 Å². The lowest BCUT2D eigenvalue weighted by Crippen LogP contribution is -2.51. The minimum absolute atomic E-state index is 0.0248. The van der Waals surface area contributed by atoms with Crippen molar-refractivity contribution >= 4 is 46.7 Å². The number of nitrogens with one attached hydrogen (secondary N) is 1. The third-order valence-corrected chi connectivity index (χ3v) is 8.76. The topological polar surface area (TPSA) is 127 Å². The van der Waals surface area contributed by atoms with Gasteiger partial charge in [0.2, 0.25) is 17.6 Å². The summed E-state index contributed by atoms with van der Waals surface area (Å²) in [6.45, 7) is 10.6. The molecule has 0 unspecified atom stereocenters. The van der Waals surface area contributed by atoms with Gasteiger partial charge in [0.15, 0.2) is 0 Å². The number of morpholine rings is 1. The number of carbonyl (C=O) groups excluding carboxylic acids is 2. The summed E-state index contributed by atoms with van der Waals surface area (Å²) in [5.74, 6) is -0.324. The van der Waals surface area contributed by atoms with Gasteiger partial charge in [-0.05, 0) is 45.4 Å². The molecule has 0 spiro atoms. The van der Waals surface area contributed by atoms with Crippen molar-refractivity contribution in [3.8, 4) is 0 Å². The number of amides is 2. The SMILES string of the molecule is C[C@H]1C[C@@H](C(=O)Nc2ccc(C(F)(F)F)cc2Cl)n2c1c(N1CCN(C(=O)OC(C)(C)C)CC1)c(=O)n1nc(N3CCOCC3)nc21. The van der Waals surface area contributed by atoms with Gasteiger partial charge in [-0.25, -0.2) is 4.79 Å². The average molecular weight is 681 g/mol. The van der Waals surface area contributed by atoms with E-state index in [1.165, 1.54) is 4.52 Å². The van der Waals surface area contributed by atoms with Crippen LogP contribution >= 0.6 is 11.6 Å². The fourth-order valence-corrected chi connectivity index (χ4v) is 6.44. The molecule has 1 N–H and O–H groups in total. The smallest absolute Gasteiger partial charge is 0.416 e. The first-order valence-electron chi connectivity index (χ1n) is 15.4. The molecule has 5 heterocycles. The average Bonchev–Trinajstić information content (AvgIpc) is 3.60. The Morgan fingerprint density at radius 1 is 1.04 bits per heavy atom. The third-order valence-electron chi connectivity index (χ3n) is 8.45. The van der Waals surface area contributed by atoms with Crippen LogP contribution in [0, 0.1) is 0 Å². The van der Waals surface area contributed by atoms with Crippen LogP contribution in [0.25, 0.3) is 5.78 Å². The Labute approximate surface area is 273 Å². The molecule has 13 nitrogen and oxygen atoms in total. The molecular weight excluding hydrogens is 645 g/mol. The van der Waals surface area contributed by atoms with Crippen LogP contribution in [0.3, 0.4) is 0 Å². The van der Waals surface area contributed by atoms with Crippen LogP contribution in [0.4, 0.5) is 35.3 Å². The molecule has 0 bridgehead atoms. The summed E-state index contributed by atoms with van der Waals surface area (Å²) >= 11 is 6.17. The highest BCUT2D eigenvalue weighted by molar-refractivity contribution is 6.33. The van der Waals surface area contributed by atoms with Crippen LogP contribution in [-0.4, -0.2) is 94.1 Å². The normalized spacial score (nSPS) is 20.5. The van der Waals surface area contributed by atoms with E-state index in [2.05, 4.69) is 10.4 Å². The summed E-state index contributed by atoms with van der Waals surface area (Å²) in [4.78, 5) is 50.9. The maximum Gasteiger partial charge on any atom is 0.416 e. The molecule has 0 saturated carbocycles. The highest BCUT2D eigenvalue weighted by atomic mass is 35.5. The minimum atomic E-state index is -4.59. The molecule has 254 valence electrons. The molecule has 6 rings (SSSR count). The standard InChI is InChI=1S/C30H36ClF3N8O5/c1-17-15-21(24(43)35-20-6-5-18(16-19(20)31)30(32,33)34)41-22(17)23(38-7-9-40(10-8-38)28(45)47-29(2,3)4)25(44)42-27(41)36-26(37-42)39-11-13-46-14-12-39/h5-6,16-17,21H,7-15H2,1-4H3,(H,35,43)/t17-,21-/m0/s1. The van der Waals surface area contributed by atoms with Gasteiger partial charge in [-0.15, -0.1) is 5.10 Å². The second kappa shape index (κ2) is 12.2. The summed E-state index contributed by atoms with van der Waals surface area (Å²) in [5.41, 5.74) is -1.02. The monoisotopic (exact) mass is 680 g/mol. The van der Waals surface area contributed by atoms with Gasteiger partial charge in [-0.2, -0.15) is 22.7 Å². The van der Waals surface area contributed by atoms with Gasteiger partial charge in [0.05, 0.1) is 35.2 Å². The molecule has 0 radical (unpaired) electrons. The summed E-state index contributed by atoms with van der Waals surface area (Å²) in [6.07, 6.45) is -4.74. The quantitative estimate of drug-likeness (QED) is 0.433. The molecule has 3 aromatic rings. The Balaban J connectivity index is 1.38. The molecule has 2 aromatic heterocycles. The number of rotatable bonds is 4. The van der Waals surface area contributed by atoms with Gasteiger partial charge in [-0.1, -0.05) is 18.5 Å². The first-order chi connectivity index (χ1) is 22.1. The van der Waals surface area contributed by atoms with Crippen molar-refractivity contribution in [2.75, 3.05) is 67.6 Å². The fourth-order valence-electron chi connectivity index (χ4n) is 6.21. The zero-order chi connectivity index (χ0) is 33.8. The summed E-state index contributed by atoms with van der Waals surface area (Å²) in [5, 5.41) is 7.00. The van der Waals surface area contributed by atoms with Gasteiger partial charge in [0.1, 0.15) is 17.3 Å². The van der Waals surface area contributed by atoms with Crippen molar-refractivity contribution in [2.24, 2.45) is 0 Å². The zero-order valence-corrected chi connectivity index (χ0v) is 27.2. The van der Waals surface area contributed by atoms with Gasteiger partial charge in [-0.3, -0.25) is 14.2 Å². The second-order valence-electron chi connectivity index (χ2n) is 12.9. The summed E-state index contributed by atoms with van der Waals surface area (Å²) in [7, 11) is 0. The maximum atomic E-state index is 14.2. The van der Waals surface area contributed by atoms with Gasteiger partial charge in [0, 0.05) is 45.2 Å². The molecular formula is C30H36ClF3N8O5. The Morgan fingerprint density at radius 3 is 2.34 bits per heavy atom. The number of ether oxygens (including phenoxy) is 2. The van der Waals surface area contributed by atoms with Crippen LogP contribution < -0.4 is 20.7 Å². The van der Waals surface area contributed by atoms with Gasteiger partial charge >= 0.3 is 12.3 Å². The molecule has 3 aliphatic rings. The highest BCUT2D eigenvalue weighted by Crippen LogP contribution is 2.42. The molecule has 2 saturated heterocycles. The number of benzene rings is 1. The van der Waals surface area contributed by atoms with Crippen molar-refractivity contribution in [1.29, 1.82) is 0 Å². The van der Waals surface area contributed by atoms with E-state index in [-0.39, 0.29) is 28.8 Å². The summed E-state index contributed by atoms with van der Waals surface area (Å²) < 4.78 is 53.6. The molecule has 47 heavy (non-hydrogen) atoms. The van der Waals surface area contributed by atoms with Crippen molar-refractivity contribution in [2.45, 2.75) is 57.9 Å². The van der Waals surface area contributed by atoms with E-state index in [9.17, 15) is 27.6 Å². The molecule has 2 amide bonds. The molecule has 1 aromatic carbocycles. The number of alkyl halides is 3. The Kier molecular flexibility index (Phi) is 8.53. The number of nitrogens with zero attached hydrogens (tertiary/aromatic N) is 7. The lowest BCUT2D eigenvalue weighted by molar-refractivity contribution is -0.137. The predicted octanol–water partition coefficient (Wildman–Crippen LogP) is 4.14. The van der Waals surface area contributed by atoms with E-state index in [1.807, 2.05) is 16.7 Å². The molecule has 0 aliphatic carbocycles. The molecule has 2 fully saturated rings. The fraction of sp³-hybridized carbons (Fsp3) is 0.567. The number of anilines is 3. The maximum absolute atomic E-state index is 14.2. The predicted molar refractivity (Wildman–Crippen MR) is 167 cm³/mol. The summed E-state index contributed by atoms with van der Waals surface area (Å²) in [6, 6.07) is 1.85. The zero-order valence-electron chi connectivity index (χ0n) is 26.4. The highest BCUT2D eigenvalue weighted by Gasteiger charge is 2.41. The lowest BCUT2D eigenvalue weighted by Gasteiger charge is -2.37. The first-order valence-corrected chi connectivity index (χ1v) is 15.8. The van der Waals surface area contributed by atoms with Crippen LogP contribution in [-0.2, 0) is 20.4 Å². The van der Waals surface area contributed by atoms with Crippen LogP contribution in [0.5, 0.6) is 0 Å². The van der Waals surface area contributed by atoms with E-state index in [0.717, 1.165) is 18.2 Å². The van der Waals surface area contributed by atoms with Crippen LogP contribution in [0.2, 0.25) is 5.02 Å². The van der Waals surface area contributed by atoms with Crippen molar-refractivity contribution in [3.63, 3.8) is 0 Å². The number of aromatic nitrogens is 4. The number of halogens is 4. The number of piperazine rings is 1. The van der Waals surface area contributed by atoms with E-state index < -0.39 is 40.9 Å². The molecule has 17 heteroatoms. The largest absolute Gasteiger partial charge is 0.444 e. The van der Waals surface area contributed by atoms with Crippen LogP contribution in [0.1, 0.15) is 57.3 Å². The van der Waals surface area contributed by atoms with Crippen molar-refractivity contribution in [3.05, 3.63) is 44.8 Å². The Bertz CT molecular complexity index is 1760. The number of fused-ring (bicyclic) bond motifs is 3. The molecule has 3 aliphatic heterocycles. The van der Waals surface area contributed by atoms with E-state index >= 15 is 0 Å². The number of hydrogen-bond acceptors (Lipinski definition) is 9.